The van der Waals surface area contributed by atoms with Crippen molar-refractivity contribution in [2.45, 2.75) is 25.8 Å². The zero-order valence-electron chi connectivity index (χ0n) is 6.38. The molecule has 1 aliphatic heterocycles. The average molecular weight is 146 g/mol. The summed E-state index contributed by atoms with van der Waals surface area (Å²) in [4.78, 5) is 0. The highest BCUT2D eigenvalue weighted by molar-refractivity contribution is 5.35. The molecule has 0 saturated carbocycles. The lowest BCUT2D eigenvalue weighted by molar-refractivity contribution is 0.532. The molecule has 1 aliphatic rings. The molecule has 0 atom stereocenters. The van der Waals surface area contributed by atoms with Gasteiger partial charge in [0.2, 0.25) is 0 Å². The summed E-state index contributed by atoms with van der Waals surface area (Å²) in [6.45, 7) is 1.09. The van der Waals surface area contributed by atoms with Crippen molar-refractivity contribution in [3.63, 3.8) is 0 Å². The molecule has 0 bridgehead atoms. The van der Waals surface area contributed by atoms with Crippen molar-refractivity contribution in [2.75, 3.05) is 0 Å². The lowest BCUT2D eigenvalue weighted by Crippen LogP contribution is -2.09. The quantitative estimate of drug-likeness (QED) is 0.547. The van der Waals surface area contributed by atoms with Gasteiger partial charge < -0.3 is 4.57 Å². The second kappa shape index (κ2) is 2.43. The Morgan fingerprint density at radius 1 is 1.45 bits per heavy atom. The zero-order valence-corrected chi connectivity index (χ0v) is 6.38. The third-order valence-corrected chi connectivity index (χ3v) is 2.26. The van der Waals surface area contributed by atoms with E-state index in [9.17, 15) is 0 Å². The summed E-state index contributed by atoms with van der Waals surface area (Å²) in [5.74, 6) is 0. The molecule has 0 spiro atoms. The van der Waals surface area contributed by atoms with E-state index in [-0.39, 0.29) is 0 Å². The van der Waals surface area contributed by atoms with E-state index in [1.165, 1.54) is 18.5 Å². The van der Waals surface area contributed by atoms with Crippen molar-refractivity contribution >= 4 is 0 Å². The number of nitrogens with zero attached hydrogens (tertiary/aromatic N) is 2. The molecule has 0 amide bonds. The lowest BCUT2D eigenvalue weighted by Gasteiger charge is -2.14. The standard InChI is InChI=1S/C9H10N2/c10-7-8-4-6-11-5-2-1-3-9(8)11/h4,6H,1-3,5H2. The minimum Gasteiger partial charge on any atom is -0.350 e. The van der Waals surface area contributed by atoms with Crippen molar-refractivity contribution in [3.05, 3.63) is 23.5 Å². The Kier molecular flexibility index (Phi) is 1.43. The van der Waals surface area contributed by atoms with Gasteiger partial charge in [-0.15, -0.1) is 0 Å². The molecule has 1 aromatic rings. The maximum Gasteiger partial charge on any atom is 0.101 e. The van der Waals surface area contributed by atoms with E-state index in [2.05, 4.69) is 10.6 Å². The largest absolute Gasteiger partial charge is 0.350 e. The van der Waals surface area contributed by atoms with Gasteiger partial charge in [0.1, 0.15) is 6.07 Å². The number of fused-ring (bicyclic) bond motifs is 1. The summed E-state index contributed by atoms with van der Waals surface area (Å²) in [5.41, 5.74) is 2.10. The van der Waals surface area contributed by atoms with Gasteiger partial charge in [-0.05, 0) is 25.3 Å². The maximum absolute atomic E-state index is 8.72. The van der Waals surface area contributed by atoms with E-state index >= 15 is 0 Å². The molecule has 2 heterocycles. The van der Waals surface area contributed by atoms with Crippen LogP contribution in [0.2, 0.25) is 0 Å². The molecule has 0 fully saturated rings. The van der Waals surface area contributed by atoms with Gasteiger partial charge in [0.15, 0.2) is 0 Å². The third kappa shape index (κ3) is 0.932. The van der Waals surface area contributed by atoms with Crippen LogP contribution in [0, 0.1) is 11.3 Å². The Labute approximate surface area is 66.1 Å². The predicted octanol–water partition coefficient (Wildman–Crippen LogP) is 1.70. The number of hydrogen-bond acceptors (Lipinski definition) is 1. The maximum atomic E-state index is 8.72. The molecule has 1 aromatic heterocycles. The number of nitriles is 1. The van der Waals surface area contributed by atoms with Gasteiger partial charge in [0.25, 0.3) is 0 Å². The first-order chi connectivity index (χ1) is 5.42. The topological polar surface area (TPSA) is 28.7 Å². The lowest BCUT2D eigenvalue weighted by atomic mass is 10.1. The van der Waals surface area contributed by atoms with Crippen LogP contribution < -0.4 is 0 Å². The molecule has 0 unspecified atom stereocenters. The van der Waals surface area contributed by atoms with Crippen LogP contribution in [0.4, 0.5) is 0 Å². The van der Waals surface area contributed by atoms with Crippen LogP contribution in [0.5, 0.6) is 0 Å². The number of hydrogen-bond donors (Lipinski definition) is 0. The van der Waals surface area contributed by atoms with Gasteiger partial charge in [-0.1, -0.05) is 0 Å². The molecule has 2 rings (SSSR count). The zero-order chi connectivity index (χ0) is 7.68. The molecule has 56 valence electrons. The van der Waals surface area contributed by atoms with Crippen molar-refractivity contribution in [2.24, 2.45) is 0 Å². The molecular weight excluding hydrogens is 136 g/mol. The highest BCUT2D eigenvalue weighted by Gasteiger charge is 2.11. The highest BCUT2D eigenvalue weighted by atomic mass is 15.0. The van der Waals surface area contributed by atoms with Gasteiger partial charge in [-0.2, -0.15) is 5.26 Å². The first-order valence-electron chi connectivity index (χ1n) is 4.00. The van der Waals surface area contributed by atoms with Gasteiger partial charge >= 0.3 is 0 Å². The minimum absolute atomic E-state index is 0.865. The smallest absolute Gasteiger partial charge is 0.101 e. The van der Waals surface area contributed by atoms with Gasteiger partial charge in [0.05, 0.1) is 5.56 Å². The molecule has 0 N–H and O–H groups in total. The molecule has 11 heavy (non-hydrogen) atoms. The van der Waals surface area contributed by atoms with Gasteiger partial charge in [-0.3, -0.25) is 0 Å². The summed E-state index contributed by atoms with van der Waals surface area (Å²) in [6.07, 6.45) is 5.59. The van der Waals surface area contributed by atoms with Crippen molar-refractivity contribution in [1.82, 2.24) is 4.57 Å². The average Bonchev–Trinajstić information content (AvgIpc) is 2.47. The Morgan fingerprint density at radius 2 is 2.36 bits per heavy atom. The van der Waals surface area contributed by atoms with Crippen molar-refractivity contribution < 1.29 is 0 Å². The van der Waals surface area contributed by atoms with E-state index in [1.54, 1.807) is 0 Å². The van der Waals surface area contributed by atoms with Gasteiger partial charge in [-0.25, -0.2) is 0 Å². The fraction of sp³-hybridized carbons (Fsp3) is 0.444. The van der Waals surface area contributed by atoms with Crippen molar-refractivity contribution in [3.8, 4) is 6.07 Å². The molecule has 0 radical (unpaired) electrons. The summed E-state index contributed by atoms with van der Waals surface area (Å²) in [6, 6.07) is 4.13. The first-order valence-corrected chi connectivity index (χ1v) is 4.00. The molecule has 2 nitrogen and oxygen atoms in total. The Bertz CT molecular complexity index is 304. The summed E-state index contributed by atoms with van der Waals surface area (Å²) >= 11 is 0. The summed E-state index contributed by atoms with van der Waals surface area (Å²) in [7, 11) is 0. The first kappa shape index (κ1) is 6.48. The summed E-state index contributed by atoms with van der Waals surface area (Å²) in [5, 5.41) is 8.72. The monoisotopic (exact) mass is 146 g/mol. The van der Waals surface area contributed by atoms with Crippen LogP contribution in [0.25, 0.3) is 0 Å². The molecule has 0 saturated heterocycles. The van der Waals surface area contributed by atoms with Crippen LogP contribution >= 0.6 is 0 Å². The molecule has 0 aliphatic carbocycles. The van der Waals surface area contributed by atoms with Crippen LogP contribution in [0.1, 0.15) is 24.1 Å². The normalized spacial score (nSPS) is 15.5. The van der Waals surface area contributed by atoms with Crippen LogP contribution in [0.15, 0.2) is 12.3 Å². The van der Waals surface area contributed by atoms with E-state index in [0.29, 0.717) is 0 Å². The fourth-order valence-electron chi connectivity index (χ4n) is 1.67. The Hall–Kier alpha value is -1.23. The molecule has 0 aromatic carbocycles. The molecular formula is C9H10N2. The highest BCUT2D eigenvalue weighted by Crippen LogP contribution is 2.18. The number of aryl methyl sites for hydroxylation is 1. The second-order valence-electron chi connectivity index (χ2n) is 2.94. The number of rotatable bonds is 0. The van der Waals surface area contributed by atoms with Crippen LogP contribution in [-0.2, 0) is 13.0 Å². The third-order valence-electron chi connectivity index (χ3n) is 2.26. The number of aromatic nitrogens is 1. The van der Waals surface area contributed by atoms with E-state index < -0.39 is 0 Å². The summed E-state index contributed by atoms with van der Waals surface area (Å²) < 4.78 is 2.20. The Balaban J connectivity index is 2.48. The van der Waals surface area contributed by atoms with Crippen LogP contribution in [-0.4, -0.2) is 4.57 Å². The SMILES string of the molecule is N#Cc1ccn2c1CCCC2. The predicted molar refractivity (Wildman–Crippen MR) is 42.1 cm³/mol. The minimum atomic E-state index is 0.865. The van der Waals surface area contributed by atoms with Crippen molar-refractivity contribution in [1.29, 1.82) is 5.26 Å². The van der Waals surface area contributed by atoms with Gasteiger partial charge in [0, 0.05) is 18.4 Å². The van der Waals surface area contributed by atoms with E-state index in [4.69, 9.17) is 5.26 Å². The van der Waals surface area contributed by atoms with E-state index in [1.807, 2.05) is 12.3 Å². The fourth-order valence-corrected chi connectivity index (χ4v) is 1.67. The van der Waals surface area contributed by atoms with Crippen LogP contribution in [0.3, 0.4) is 0 Å². The Morgan fingerprint density at radius 3 is 3.18 bits per heavy atom. The van der Waals surface area contributed by atoms with E-state index in [0.717, 1.165) is 18.5 Å². The molecule has 2 heteroatoms. The second-order valence-corrected chi connectivity index (χ2v) is 2.94.